The summed E-state index contributed by atoms with van der Waals surface area (Å²) >= 11 is 0. The average molecular weight is 259 g/mol. The molecule has 0 aromatic carbocycles. The van der Waals surface area contributed by atoms with Crippen LogP contribution in [0.1, 0.15) is 31.4 Å². The average Bonchev–Trinajstić information content (AvgIpc) is 3.07. The summed E-state index contributed by atoms with van der Waals surface area (Å²) in [5.74, 6) is 0. The molecule has 1 aliphatic carbocycles. The summed E-state index contributed by atoms with van der Waals surface area (Å²) in [6, 6.07) is 6.67. The van der Waals surface area contributed by atoms with Gasteiger partial charge in [-0.05, 0) is 25.0 Å². The lowest BCUT2D eigenvalue weighted by molar-refractivity contribution is 0.143. The first kappa shape index (κ1) is 12.6. The van der Waals surface area contributed by atoms with E-state index < -0.39 is 0 Å². The molecule has 0 saturated heterocycles. The summed E-state index contributed by atoms with van der Waals surface area (Å²) in [7, 11) is 0. The van der Waals surface area contributed by atoms with Crippen LogP contribution in [0.5, 0.6) is 0 Å². The minimum Gasteiger partial charge on any atom is -0.395 e. The van der Waals surface area contributed by atoms with Crippen molar-refractivity contribution in [3.63, 3.8) is 0 Å². The molecule has 0 unspecified atom stereocenters. The summed E-state index contributed by atoms with van der Waals surface area (Å²) in [6.45, 7) is 1.81. The Hall–Kier alpha value is -1.39. The van der Waals surface area contributed by atoms with Gasteiger partial charge in [0.1, 0.15) is 5.65 Å². The zero-order valence-electron chi connectivity index (χ0n) is 11.2. The van der Waals surface area contributed by atoms with Crippen molar-refractivity contribution in [1.82, 2.24) is 14.3 Å². The molecule has 1 N–H and O–H groups in total. The van der Waals surface area contributed by atoms with E-state index >= 15 is 0 Å². The van der Waals surface area contributed by atoms with Gasteiger partial charge < -0.3 is 9.51 Å². The molecule has 102 valence electrons. The van der Waals surface area contributed by atoms with E-state index in [0.29, 0.717) is 6.04 Å². The van der Waals surface area contributed by atoms with Crippen LogP contribution < -0.4 is 0 Å². The van der Waals surface area contributed by atoms with E-state index in [4.69, 9.17) is 0 Å². The first-order chi connectivity index (χ1) is 9.36. The number of pyridine rings is 1. The normalized spacial score (nSPS) is 16.7. The number of aromatic nitrogens is 2. The lowest BCUT2D eigenvalue weighted by atomic mass is 10.2. The maximum Gasteiger partial charge on any atom is 0.137 e. The van der Waals surface area contributed by atoms with Gasteiger partial charge in [0.15, 0.2) is 0 Å². The van der Waals surface area contributed by atoms with Gasteiger partial charge in [-0.3, -0.25) is 4.90 Å². The van der Waals surface area contributed by atoms with Crippen molar-refractivity contribution in [2.45, 2.75) is 38.3 Å². The fraction of sp³-hybridized carbons (Fsp3) is 0.533. The SMILES string of the molecule is OCCN(Cc1cn2ccccc2n1)C1CCCC1. The zero-order chi connectivity index (χ0) is 13.1. The van der Waals surface area contributed by atoms with Crippen LogP contribution in [0.25, 0.3) is 5.65 Å². The molecule has 1 saturated carbocycles. The minimum atomic E-state index is 0.226. The Morgan fingerprint density at radius 1 is 1.32 bits per heavy atom. The van der Waals surface area contributed by atoms with Crippen molar-refractivity contribution >= 4 is 5.65 Å². The van der Waals surface area contributed by atoms with E-state index in [1.165, 1.54) is 25.7 Å². The molecular formula is C15H21N3O. The maximum absolute atomic E-state index is 9.25. The number of hydrogen-bond acceptors (Lipinski definition) is 3. The van der Waals surface area contributed by atoms with E-state index in [-0.39, 0.29) is 6.61 Å². The predicted molar refractivity (Wildman–Crippen MR) is 74.9 cm³/mol. The number of rotatable bonds is 5. The van der Waals surface area contributed by atoms with Crippen molar-refractivity contribution in [1.29, 1.82) is 0 Å². The Balaban J connectivity index is 1.76. The molecule has 2 aromatic heterocycles. The third-order valence-corrected chi connectivity index (χ3v) is 4.01. The first-order valence-electron chi connectivity index (χ1n) is 7.14. The maximum atomic E-state index is 9.25. The molecule has 2 aromatic rings. The van der Waals surface area contributed by atoms with Crippen molar-refractivity contribution < 1.29 is 5.11 Å². The molecular weight excluding hydrogens is 238 g/mol. The number of nitrogens with zero attached hydrogens (tertiary/aromatic N) is 3. The summed E-state index contributed by atoms with van der Waals surface area (Å²) in [4.78, 5) is 7.03. The Morgan fingerprint density at radius 3 is 2.89 bits per heavy atom. The molecule has 0 radical (unpaired) electrons. The molecule has 1 aliphatic rings. The highest BCUT2D eigenvalue weighted by molar-refractivity contribution is 5.39. The molecule has 1 fully saturated rings. The second-order valence-corrected chi connectivity index (χ2v) is 5.33. The Bertz CT molecular complexity index is 498. The van der Waals surface area contributed by atoms with Crippen LogP contribution >= 0.6 is 0 Å². The van der Waals surface area contributed by atoms with E-state index in [1.54, 1.807) is 0 Å². The van der Waals surface area contributed by atoms with E-state index in [1.807, 2.05) is 24.4 Å². The number of aliphatic hydroxyl groups is 1. The number of imidazole rings is 1. The number of aliphatic hydroxyl groups excluding tert-OH is 1. The van der Waals surface area contributed by atoms with Crippen molar-refractivity contribution in [2.75, 3.05) is 13.2 Å². The minimum absolute atomic E-state index is 0.226. The van der Waals surface area contributed by atoms with E-state index in [2.05, 4.69) is 20.5 Å². The number of fused-ring (bicyclic) bond motifs is 1. The van der Waals surface area contributed by atoms with Gasteiger partial charge in [-0.15, -0.1) is 0 Å². The van der Waals surface area contributed by atoms with Crippen molar-refractivity contribution in [3.8, 4) is 0 Å². The van der Waals surface area contributed by atoms with Crippen molar-refractivity contribution in [3.05, 3.63) is 36.3 Å². The molecule has 0 bridgehead atoms. The van der Waals surface area contributed by atoms with E-state index in [0.717, 1.165) is 24.4 Å². The van der Waals surface area contributed by atoms with Gasteiger partial charge in [0, 0.05) is 31.5 Å². The molecule has 0 amide bonds. The number of hydrogen-bond donors (Lipinski definition) is 1. The summed E-state index contributed by atoms with van der Waals surface area (Å²) in [5.41, 5.74) is 2.08. The van der Waals surface area contributed by atoms with E-state index in [9.17, 15) is 5.11 Å². The van der Waals surface area contributed by atoms with Crippen molar-refractivity contribution in [2.24, 2.45) is 0 Å². The topological polar surface area (TPSA) is 40.8 Å². The predicted octanol–water partition coefficient (Wildman–Crippen LogP) is 2.07. The smallest absolute Gasteiger partial charge is 0.137 e. The quantitative estimate of drug-likeness (QED) is 0.893. The molecule has 2 heterocycles. The molecule has 3 rings (SSSR count). The zero-order valence-corrected chi connectivity index (χ0v) is 11.2. The third-order valence-electron chi connectivity index (χ3n) is 4.01. The Morgan fingerprint density at radius 2 is 2.16 bits per heavy atom. The summed E-state index contributed by atoms with van der Waals surface area (Å²) in [5, 5.41) is 9.25. The lowest BCUT2D eigenvalue weighted by Gasteiger charge is -2.27. The van der Waals surface area contributed by atoms with Crippen LogP contribution in [-0.4, -0.2) is 38.6 Å². The third kappa shape index (κ3) is 2.80. The second-order valence-electron chi connectivity index (χ2n) is 5.33. The monoisotopic (exact) mass is 259 g/mol. The van der Waals surface area contributed by atoms with Gasteiger partial charge in [0.2, 0.25) is 0 Å². The largest absolute Gasteiger partial charge is 0.395 e. The molecule has 4 heteroatoms. The second kappa shape index (κ2) is 5.72. The van der Waals surface area contributed by atoms with Gasteiger partial charge in [-0.25, -0.2) is 4.98 Å². The van der Waals surface area contributed by atoms with Gasteiger partial charge in [-0.2, -0.15) is 0 Å². The van der Waals surface area contributed by atoms with Crippen LogP contribution in [-0.2, 0) is 6.54 Å². The fourth-order valence-corrected chi connectivity index (χ4v) is 3.06. The summed E-state index contributed by atoms with van der Waals surface area (Å²) in [6.07, 6.45) is 9.27. The van der Waals surface area contributed by atoms with Gasteiger partial charge in [-0.1, -0.05) is 18.9 Å². The molecule has 0 aliphatic heterocycles. The molecule has 19 heavy (non-hydrogen) atoms. The van der Waals surface area contributed by atoms with Crippen LogP contribution in [0.15, 0.2) is 30.6 Å². The Labute approximate surface area is 113 Å². The fourth-order valence-electron chi connectivity index (χ4n) is 3.06. The highest BCUT2D eigenvalue weighted by Gasteiger charge is 2.22. The van der Waals surface area contributed by atoms with Gasteiger partial charge in [0.25, 0.3) is 0 Å². The molecule has 4 nitrogen and oxygen atoms in total. The van der Waals surface area contributed by atoms with Crippen LogP contribution in [0, 0.1) is 0 Å². The lowest BCUT2D eigenvalue weighted by Crippen LogP contribution is -2.35. The molecule has 0 atom stereocenters. The van der Waals surface area contributed by atoms with Crippen LogP contribution in [0.3, 0.4) is 0 Å². The first-order valence-corrected chi connectivity index (χ1v) is 7.14. The van der Waals surface area contributed by atoms with Gasteiger partial charge in [0.05, 0.1) is 12.3 Å². The standard InChI is InChI=1S/C15H21N3O/c19-10-9-17(14-5-1-2-6-14)11-13-12-18-8-4-3-7-15(18)16-13/h3-4,7-8,12,14,19H,1-2,5-6,9-11H2. The highest BCUT2D eigenvalue weighted by atomic mass is 16.3. The Kier molecular flexibility index (Phi) is 3.80. The van der Waals surface area contributed by atoms with Gasteiger partial charge >= 0.3 is 0 Å². The molecule has 0 spiro atoms. The van der Waals surface area contributed by atoms with Crippen LogP contribution in [0.4, 0.5) is 0 Å². The van der Waals surface area contributed by atoms with Crippen LogP contribution in [0.2, 0.25) is 0 Å². The highest BCUT2D eigenvalue weighted by Crippen LogP contribution is 2.24. The summed E-state index contributed by atoms with van der Waals surface area (Å²) < 4.78 is 2.06.